The van der Waals surface area contributed by atoms with E-state index in [-0.39, 0.29) is 0 Å². The van der Waals surface area contributed by atoms with Gasteiger partial charge in [0.15, 0.2) is 0 Å². The highest BCUT2D eigenvalue weighted by atomic mass is 35.5. The van der Waals surface area contributed by atoms with Crippen LogP contribution >= 0.6 is 11.6 Å². The lowest BCUT2D eigenvalue weighted by atomic mass is 10.2. The van der Waals surface area contributed by atoms with Crippen molar-refractivity contribution in [3.8, 4) is 5.69 Å². The number of imidazole rings is 1. The van der Waals surface area contributed by atoms with Crippen molar-refractivity contribution < 1.29 is 0 Å². The van der Waals surface area contributed by atoms with E-state index in [0.29, 0.717) is 5.92 Å². The maximum absolute atomic E-state index is 6.37. The zero-order chi connectivity index (χ0) is 13.7. The minimum absolute atomic E-state index is 0.542. The van der Waals surface area contributed by atoms with Gasteiger partial charge in [-0.05, 0) is 43.2 Å². The number of para-hydroxylation sites is 1. The highest BCUT2D eigenvalue weighted by molar-refractivity contribution is 6.32. The second-order valence-corrected chi connectivity index (χ2v) is 5.69. The van der Waals surface area contributed by atoms with Gasteiger partial charge in [-0.15, -0.1) is 0 Å². The van der Waals surface area contributed by atoms with Crippen LogP contribution in [0.25, 0.3) is 16.7 Å². The lowest BCUT2D eigenvalue weighted by Gasteiger charge is -2.10. The van der Waals surface area contributed by atoms with Gasteiger partial charge in [0.25, 0.3) is 0 Å². The van der Waals surface area contributed by atoms with Crippen molar-refractivity contribution in [2.75, 3.05) is 5.73 Å². The standard InChI is InChI=1S/C16H14ClN3/c17-12-3-1-2-4-14(12)20-15-8-7-11(18)9-13(15)19-16(20)10-5-6-10/h1-4,7-10H,5-6,18H2. The van der Waals surface area contributed by atoms with Crippen LogP contribution in [-0.4, -0.2) is 9.55 Å². The third kappa shape index (κ3) is 1.78. The summed E-state index contributed by atoms with van der Waals surface area (Å²) in [7, 11) is 0. The van der Waals surface area contributed by atoms with E-state index >= 15 is 0 Å². The summed E-state index contributed by atoms with van der Waals surface area (Å²) in [5.41, 5.74) is 9.60. The van der Waals surface area contributed by atoms with Gasteiger partial charge >= 0.3 is 0 Å². The molecule has 100 valence electrons. The summed E-state index contributed by atoms with van der Waals surface area (Å²) >= 11 is 6.37. The molecule has 0 spiro atoms. The number of aromatic nitrogens is 2. The van der Waals surface area contributed by atoms with Gasteiger partial charge in [-0.2, -0.15) is 0 Å². The Morgan fingerprint density at radius 2 is 1.95 bits per heavy atom. The summed E-state index contributed by atoms with van der Waals surface area (Å²) < 4.78 is 2.18. The summed E-state index contributed by atoms with van der Waals surface area (Å²) in [6.45, 7) is 0. The van der Waals surface area contributed by atoms with Gasteiger partial charge in [0.1, 0.15) is 5.82 Å². The smallest absolute Gasteiger partial charge is 0.117 e. The molecule has 4 rings (SSSR count). The molecule has 3 aromatic rings. The van der Waals surface area contributed by atoms with Gasteiger partial charge in [-0.1, -0.05) is 23.7 Å². The molecule has 1 fully saturated rings. The maximum atomic E-state index is 6.37. The number of fused-ring (bicyclic) bond motifs is 1. The predicted octanol–water partition coefficient (Wildman–Crippen LogP) is 4.14. The van der Waals surface area contributed by atoms with Crippen LogP contribution in [0.3, 0.4) is 0 Å². The molecule has 20 heavy (non-hydrogen) atoms. The number of halogens is 1. The highest BCUT2D eigenvalue weighted by Gasteiger charge is 2.30. The molecule has 2 N–H and O–H groups in total. The largest absolute Gasteiger partial charge is 0.399 e. The first-order valence-corrected chi connectivity index (χ1v) is 7.14. The average molecular weight is 284 g/mol. The summed E-state index contributed by atoms with van der Waals surface area (Å²) in [6.07, 6.45) is 2.40. The molecular weight excluding hydrogens is 270 g/mol. The van der Waals surface area contributed by atoms with E-state index in [1.807, 2.05) is 42.5 Å². The first kappa shape index (κ1) is 11.8. The number of benzene rings is 2. The molecule has 0 bridgehead atoms. The third-order valence-corrected chi connectivity index (χ3v) is 4.06. The molecule has 3 nitrogen and oxygen atoms in total. The summed E-state index contributed by atoms with van der Waals surface area (Å²) in [5, 5.41) is 0.741. The van der Waals surface area contributed by atoms with Crippen molar-refractivity contribution in [2.24, 2.45) is 0 Å². The number of hydrogen-bond acceptors (Lipinski definition) is 2. The van der Waals surface area contributed by atoms with Crippen LogP contribution in [-0.2, 0) is 0 Å². The van der Waals surface area contributed by atoms with Gasteiger partial charge < -0.3 is 5.73 Å². The van der Waals surface area contributed by atoms with Crippen molar-refractivity contribution >= 4 is 28.3 Å². The molecule has 1 aromatic heterocycles. The number of anilines is 1. The summed E-state index contributed by atoms with van der Waals surface area (Å²) in [6, 6.07) is 13.7. The minimum atomic E-state index is 0.542. The molecule has 0 radical (unpaired) electrons. The number of hydrogen-bond donors (Lipinski definition) is 1. The first-order chi connectivity index (χ1) is 9.74. The van der Waals surface area contributed by atoms with E-state index in [4.69, 9.17) is 22.3 Å². The topological polar surface area (TPSA) is 43.8 Å². The molecule has 1 heterocycles. The Morgan fingerprint density at radius 1 is 1.15 bits per heavy atom. The van der Waals surface area contributed by atoms with Crippen LogP contribution in [0.15, 0.2) is 42.5 Å². The Balaban J connectivity index is 2.06. The van der Waals surface area contributed by atoms with Crippen LogP contribution in [0.2, 0.25) is 5.02 Å². The van der Waals surface area contributed by atoms with E-state index in [0.717, 1.165) is 33.3 Å². The molecule has 0 saturated heterocycles. The van der Waals surface area contributed by atoms with E-state index in [2.05, 4.69) is 4.57 Å². The normalized spacial score (nSPS) is 14.8. The molecular formula is C16H14ClN3. The molecule has 0 atom stereocenters. The Labute approximate surface area is 122 Å². The second kappa shape index (κ2) is 4.25. The molecule has 1 saturated carbocycles. The van der Waals surface area contributed by atoms with Gasteiger partial charge in [-0.3, -0.25) is 4.57 Å². The third-order valence-electron chi connectivity index (χ3n) is 3.74. The van der Waals surface area contributed by atoms with E-state index in [1.54, 1.807) is 0 Å². The molecule has 1 aliphatic rings. The van der Waals surface area contributed by atoms with Crippen LogP contribution in [0.1, 0.15) is 24.6 Å². The van der Waals surface area contributed by atoms with Crippen molar-refractivity contribution in [3.63, 3.8) is 0 Å². The second-order valence-electron chi connectivity index (χ2n) is 5.28. The zero-order valence-corrected chi connectivity index (χ0v) is 11.6. The fourth-order valence-corrected chi connectivity index (χ4v) is 2.84. The average Bonchev–Trinajstić information content (AvgIpc) is 3.21. The molecule has 0 unspecified atom stereocenters. The fraction of sp³-hybridized carbons (Fsp3) is 0.188. The van der Waals surface area contributed by atoms with Crippen LogP contribution < -0.4 is 5.73 Å². The molecule has 2 aromatic carbocycles. The Bertz CT molecular complexity index is 803. The van der Waals surface area contributed by atoms with Crippen LogP contribution in [0.4, 0.5) is 5.69 Å². The fourth-order valence-electron chi connectivity index (χ4n) is 2.62. The van der Waals surface area contributed by atoms with Crippen LogP contribution in [0, 0.1) is 0 Å². The summed E-state index contributed by atoms with van der Waals surface area (Å²) in [4.78, 5) is 4.78. The van der Waals surface area contributed by atoms with Gasteiger partial charge in [-0.25, -0.2) is 4.98 Å². The molecule has 1 aliphatic carbocycles. The van der Waals surface area contributed by atoms with Crippen molar-refractivity contribution in [2.45, 2.75) is 18.8 Å². The van der Waals surface area contributed by atoms with E-state index < -0.39 is 0 Å². The lowest BCUT2D eigenvalue weighted by Crippen LogP contribution is -2.00. The number of nitrogen functional groups attached to an aromatic ring is 1. The SMILES string of the molecule is Nc1ccc2c(c1)nc(C1CC1)n2-c1ccccc1Cl. The zero-order valence-electron chi connectivity index (χ0n) is 10.9. The van der Waals surface area contributed by atoms with E-state index in [1.165, 1.54) is 12.8 Å². The van der Waals surface area contributed by atoms with Gasteiger partial charge in [0, 0.05) is 11.6 Å². The van der Waals surface area contributed by atoms with Crippen molar-refractivity contribution in [1.82, 2.24) is 9.55 Å². The molecule has 0 amide bonds. The van der Waals surface area contributed by atoms with Crippen LogP contribution in [0.5, 0.6) is 0 Å². The molecule has 4 heteroatoms. The quantitative estimate of drug-likeness (QED) is 0.718. The Kier molecular flexibility index (Phi) is 2.51. The monoisotopic (exact) mass is 283 g/mol. The summed E-state index contributed by atoms with van der Waals surface area (Å²) in [5.74, 6) is 1.64. The van der Waals surface area contributed by atoms with Crippen molar-refractivity contribution in [1.29, 1.82) is 0 Å². The Hall–Kier alpha value is -2.00. The number of nitrogens with two attached hydrogens (primary N) is 1. The van der Waals surface area contributed by atoms with Gasteiger partial charge in [0.05, 0.1) is 21.7 Å². The molecule has 0 aliphatic heterocycles. The van der Waals surface area contributed by atoms with Gasteiger partial charge in [0.2, 0.25) is 0 Å². The maximum Gasteiger partial charge on any atom is 0.117 e. The predicted molar refractivity (Wildman–Crippen MR) is 82.5 cm³/mol. The highest BCUT2D eigenvalue weighted by Crippen LogP contribution is 2.42. The van der Waals surface area contributed by atoms with E-state index in [9.17, 15) is 0 Å². The van der Waals surface area contributed by atoms with Crippen molar-refractivity contribution in [3.05, 3.63) is 53.3 Å². The minimum Gasteiger partial charge on any atom is -0.399 e. The first-order valence-electron chi connectivity index (χ1n) is 6.77. The Morgan fingerprint density at radius 3 is 2.70 bits per heavy atom. The number of rotatable bonds is 2. The lowest BCUT2D eigenvalue weighted by molar-refractivity contribution is 0.896. The number of nitrogens with zero attached hydrogens (tertiary/aromatic N) is 2.